The molecular weight excluding hydrogens is 410 g/mol. The molecule has 2 aromatic rings. The van der Waals surface area contributed by atoms with Crippen molar-refractivity contribution >= 4 is 10.0 Å². The number of hydrogen-bond acceptors (Lipinski definition) is 5. The average Bonchev–Trinajstić information content (AvgIpc) is 2.75. The Labute approximate surface area is 187 Å². The zero-order chi connectivity index (χ0) is 22.6. The van der Waals surface area contributed by atoms with E-state index < -0.39 is 10.0 Å². The molecule has 3 rings (SSSR count). The van der Waals surface area contributed by atoms with E-state index in [-0.39, 0.29) is 6.04 Å². The van der Waals surface area contributed by atoms with Crippen molar-refractivity contribution in [2.75, 3.05) is 40.8 Å². The molecule has 6 nitrogen and oxygen atoms in total. The number of methoxy groups -OCH3 is 1. The number of likely N-dealkylation sites (tertiary alicyclic amines) is 1. The van der Waals surface area contributed by atoms with Gasteiger partial charge in [0.05, 0.1) is 18.0 Å². The first-order chi connectivity index (χ1) is 14.7. The fourth-order valence-corrected chi connectivity index (χ4v) is 5.82. The standard InChI is InChI=1S/C24H35N3O3S/c1-18-16-24(19(2)15-23(18)30-5)31(28,29)25-22(20-9-7-6-8-10-20)17-27(4)21-11-13-26(3)14-12-21/h6-10,15-16,21-22,25H,11-14,17H2,1-5H3/t22-/m0/s1. The number of piperidine rings is 1. The summed E-state index contributed by atoms with van der Waals surface area (Å²) in [7, 11) is 2.13. The normalized spacial score (nSPS) is 17.1. The molecule has 1 aliphatic heterocycles. The van der Waals surface area contributed by atoms with Crippen LogP contribution in [0, 0.1) is 13.8 Å². The van der Waals surface area contributed by atoms with Gasteiger partial charge >= 0.3 is 0 Å². The molecule has 0 aliphatic carbocycles. The zero-order valence-corrected chi connectivity index (χ0v) is 20.1. The maximum absolute atomic E-state index is 13.4. The molecule has 170 valence electrons. The van der Waals surface area contributed by atoms with E-state index in [2.05, 4.69) is 28.6 Å². The van der Waals surface area contributed by atoms with Crippen LogP contribution in [-0.2, 0) is 10.0 Å². The summed E-state index contributed by atoms with van der Waals surface area (Å²) in [4.78, 5) is 4.95. The van der Waals surface area contributed by atoms with E-state index in [9.17, 15) is 8.42 Å². The third-order valence-corrected chi connectivity index (χ3v) is 7.88. The lowest BCUT2D eigenvalue weighted by Crippen LogP contribution is -2.45. The molecule has 0 amide bonds. The SMILES string of the molecule is COc1cc(C)c(S(=O)(=O)N[C@@H](CN(C)C2CCN(C)CC2)c2ccccc2)cc1C. The molecule has 1 heterocycles. The first-order valence-corrected chi connectivity index (χ1v) is 12.3. The molecule has 0 spiro atoms. The number of sulfonamides is 1. The molecule has 31 heavy (non-hydrogen) atoms. The Morgan fingerprint density at radius 1 is 1.13 bits per heavy atom. The van der Waals surface area contributed by atoms with Crippen LogP contribution in [0.1, 0.15) is 35.6 Å². The second kappa shape index (κ2) is 10.1. The van der Waals surface area contributed by atoms with E-state index in [0.29, 0.717) is 28.8 Å². The Hall–Kier alpha value is -1.93. The molecule has 0 saturated carbocycles. The summed E-state index contributed by atoms with van der Waals surface area (Å²) in [6.07, 6.45) is 2.19. The van der Waals surface area contributed by atoms with Gasteiger partial charge in [-0.1, -0.05) is 30.3 Å². The summed E-state index contributed by atoms with van der Waals surface area (Å²) in [5.41, 5.74) is 2.44. The third-order valence-electron chi connectivity index (χ3n) is 6.26. The summed E-state index contributed by atoms with van der Waals surface area (Å²) in [5, 5.41) is 0. The van der Waals surface area contributed by atoms with Gasteiger partial charge < -0.3 is 14.5 Å². The van der Waals surface area contributed by atoms with Crippen molar-refractivity contribution in [2.45, 2.75) is 43.7 Å². The van der Waals surface area contributed by atoms with E-state index >= 15 is 0 Å². The van der Waals surface area contributed by atoms with E-state index in [1.54, 1.807) is 26.2 Å². The summed E-state index contributed by atoms with van der Waals surface area (Å²) in [6.45, 7) is 6.42. The second-order valence-corrected chi connectivity index (χ2v) is 10.3. The molecule has 0 aromatic heterocycles. The topological polar surface area (TPSA) is 61.9 Å². The van der Waals surface area contributed by atoms with Gasteiger partial charge in [0.2, 0.25) is 10.0 Å². The highest BCUT2D eigenvalue weighted by Gasteiger charge is 2.28. The molecule has 1 fully saturated rings. The molecule has 1 aliphatic rings. The largest absolute Gasteiger partial charge is 0.496 e. The smallest absolute Gasteiger partial charge is 0.241 e. The first kappa shape index (κ1) is 23.7. The van der Waals surface area contributed by atoms with Gasteiger partial charge in [-0.3, -0.25) is 0 Å². The minimum atomic E-state index is -3.71. The Morgan fingerprint density at radius 2 is 1.77 bits per heavy atom. The molecule has 2 aromatic carbocycles. The molecular formula is C24H35N3O3S. The highest BCUT2D eigenvalue weighted by atomic mass is 32.2. The van der Waals surface area contributed by atoms with Crippen LogP contribution in [0.15, 0.2) is 47.4 Å². The van der Waals surface area contributed by atoms with Crippen molar-refractivity contribution in [3.63, 3.8) is 0 Å². The summed E-state index contributed by atoms with van der Waals surface area (Å²) >= 11 is 0. The maximum atomic E-state index is 13.4. The van der Waals surface area contributed by atoms with Crippen molar-refractivity contribution in [1.82, 2.24) is 14.5 Å². The van der Waals surface area contributed by atoms with E-state index in [0.717, 1.165) is 37.1 Å². The van der Waals surface area contributed by atoms with Crippen LogP contribution in [-0.4, -0.2) is 65.1 Å². The summed E-state index contributed by atoms with van der Waals surface area (Å²) in [6, 6.07) is 13.4. The molecule has 0 radical (unpaired) electrons. The van der Waals surface area contributed by atoms with E-state index in [4.69, 9.17) is 4.74 Å². The van der Waals surface area contributed by atoms with Gasteiger partial charge in [0.25, 0.3) is 0 Å². The monoisotopic (exact) mass is 445 g/mol. The summed E-state index contributed by atoms with van der Waals surface area (Å²) in [5.74, 6) is 0.693. The van der Waals surface area contributed by atoms with E-state index in [1.165, 1.54) is 0 Å². The van der Waals surface area contributed by atoms with Crippen LogP contribution in [0.5, 0.6) is 5.75 Å². The van der Waals surface area contributed by atoms with Crippen molar-refractivity contribution in [2.24, 2.45) is 0 Å². The zero-order valence-electron chi connectivity index (χ0n) is 19.3. The molecule has 0 bridgehead atoms. The summed E-state index contributed by atoms with van der Waals surface area (Å²) < 4.78 is 35.2. The van der Waals surface area contributed by atoms with Crippen molar-refractivity contribution in [3.8, 4) is 5.75 Å². The predicted octanol–water partition coefficient (Wildman–Crippen LogP) is 3.36. The highest BCUT2D eigenvalue weighted by molar-refractivity contribution is 7.89. The minimum Gasteiger partial charge on any atom is -0.496 e. The number of benzene rings is 2. The van der Waals surface area contributed by atoms with Gasteiger partial charge in [0.1, 0.15) is 5.75 Å². The van der Waals surface area contributed by atoms with Crippen LogP contribution in [0.25, 0.3) is 0 Å². The number of nitrogens with zero attached hydrogens (tertiary/aromatic N) is 2. The molecule has 1 atom stereocenters. The Bertz CT molecular complexity index is 971. The number of nitrogens with one attached hydrogen (secondary N) is 1. The molecule has 7 heteroatoms. The fraction of sp³-hybridized carbons (Fsp3) is 0.500. The van der Waals surface area contributed by atoms with Gasteiger partial charge in [-0.15, -0.1) is 0 Å². The van der Waals surface area contributed by atoms with Gasteiger partial charge in [0, 0.05) is 12.6 Å². The molecule has 1 saturated heterocycles. The van der Waals surface area contributed by atoms with Crippen LogP contribution < -0.4 is 9.46 Å². The maximum Gasteiger partial charge on any atom is 0.241 e. The second-order valence-electron chi connectivity index (χ2n) is 8.65. The number of rotatable bonds is 8. The van der Waals surface area contributed by atoms with Gasteiger partial charge in [-0.25, -0.2) is 13.1 Å². The number of aryl methyl sites for hydroxylation is 2. The number of ether oxygens (including phenoxy) is 1. The van der Waals surface area contributed by atoms with Crippen LogP contribution >= 0.6 is 0 Å². The molecule has 1 N–H and O–H groups in total. The number of likely N-dealkylation sites (N-methyl/N-ethyl adjacent to an activating group) is 1. The van der Waals surface area contributed by atoms with Gasteiger partial charge in [0.15, 0.2) is 0 Å². The predicted molar refractivity (Wildman–Crippen MR) is 125 cm³/mol. The third kappa shape index (κ3) is 5.86. The lowest BCUT2D eigenvalue weighted by Gasteiger charge is -2.37. The lowest BCUT2D eigenvalue weighted by atomic mass is 10.0. The minimum absolute atomic E-state index is 0.300. The Morgan fingerprint density at radius 3 is 2.39 bits per heavy atom. The molecule has 0 unspecified atom stereocenters. The first-order valence-electron chi connectivity index (χ1n) is 10.8. The quantitative estimate of drug-likeness (QED) is 0.675. The lowest BCUT2D eigenvalue weighted by molar-refractivity contribution is 0.137. The van der Waals surface area contributed by atoms with Crippen LogP contribution in [0.2, 0.25) is 0 Å². The van der Waals surface area contributed by atoms with Gasteiger partial charge in [-0.05, 0) is 82.7 Å². The van der Waals surface area contributed by atoms with Gasteiger partial charge in [-0.2, -0.15) is 0 Å². The van der Waals surface area contributed by atoms with Crippen molar-refractivity contribution in [3.05, 3.63) is 59.2 Å². The Balaban J connectivity index is 1.86. The van der Waals surface area contributed by atoms with Crippen molar-refractivity contribution in [1.29, 1.82) is 0 Å². The number of hydrogen-bond donors (Lipinski definition) is 1. The highest BCUT2D eigenvalue weighted by Crippen LogP contribution is 2.27. The van der Waals surface area contributed by atoms with Crippen LogP contribution in [0.4, 0.5) is 0 Å². The fourth-order valence-electron chi connectivity index (χ4n) is 4.29. The van der Waals surface area contributed by atoms with E-state index in [1.807, 2.05) is 37.3 Å². The van der Waals surface area contributed by atoms with Crippen molar-refractivity contribution < 1.29 is 13.2 Å². The average molecular weight is 446 g/mol. The van der Waals surface area contributed by atoms with Crippen LogP contribution in [0.3, 0.4) is 0 Å². The Kier molecular flexibility index (Phi) is 7.75.